The maximum absolute atomic E-state index is 13.1. The van der Waals surface area contributed by atoms with Crippen LogP contribution in [-0.4, -0.2) is 96.7 Å². The van der Waals surface area contributed by atoms with Crippen LogP contribution in [0, 0.1) is 0 Å². The third-order valence-electron chi connectivity index (χ3n) is 17.5. The molecule has 0 rings (SSSR count). The first-order valence-corrected chi connectivity index (χ1v) is 44.5. The molecule has 0 radical (unpaired) electrons. The fraction of sp³-hybridized carbons (Fsp3) is 0.765. The molecule has 19 heteroatoms. The van der Waals surface area contributed by atoms with Gasteiger partial charge in [0, 0.05) is 25.7 Å². The van der Waals surface area contributed by atoms with E-state index >= 15 is 0 Å². The van der Waals surface area contributed by atoms with Crippen molar-refractivity contribution in [2.24, 2.45) is 0 Å². The summed E-state index contributed by atoms with van der Waals surface area (Å²) in [4.78, 5) is 73.1. The van der Waals surface area contributed by atoms with Gasteiger partial charge in [-0.15, -0.1) is 0 Å². The summed E-state index contributed by atoms with van der Waals surface area (Å²) in [7, 11) is -9.97. The number of phosphoric ester groups is 2. The molecule has 0 aliphatic heterocycles. The van der Waals surface area contributed by atoms with Gasteiger partial charge in [-0.1, -0.05) is 285 Å². The van der Waals surface area contributed by atoms with Crippen LogP contribution in [0.15, 0.2) is 97.2 Å². The van der Waals surface area contributed by atoms with Gasteiger partial charge in [0.1, 0.15) is 19.3 Å². The monoisotopic (exact) mass is 1510 g/mol. The van der Waals surface area contributed by atoms with Crippen molar-refractivity contribution in [2.45, 2.75) is 380 Å². The Labute approximate surface area is 633 Å². The Bertz CT molecular complexity index is 2350. The number of rotatable bonds is 78. The molecule has 5 atom stereocenters. The summed E-state index contributed by atoms with van der Waals surface area (Å²) >= 11 is 0. The quantitative estimate of drug-likeness (QED) is 0.0169. The van der Waals surface area contributed by atoms with E-state index in [0.717, 1.165) is 186 Å². The van der Waals surface area contributed by atoms with E-state index in [0.29, 0.717) is 25.7 Å². The minimum atomic E-state index is -4.99. The zero-order chi connectivity index (χ0) is 76.0. The highest BCUT2D eigenvalue weighted by Crippen LogP contribution is 2.45. The molecule has 104 heavy (non-hydrogen) atoms. The highest BCUT2D eigenvalue weighted by Gasteiger charge is 2.30. The van der Waals surface area contributed by atoms with Gasteiger partial charge in [-0.05, 0) is 148 Å². The van der Waals surface area contributed by atoms with Crippen LogP contribution in [0.5, 0.6) is 0 Å². The van der Waals surface area contributed by atoms with Crippen LogP contribution in [-0.2, 0) is 65.4 Å². The lowest BCUT2D eigenvalue weighted by Gasteiger charge is -2.21. The maximum Gasteiger partial charge on any atom is 0.472 e. The third-order valence-corrected chi connectivity index (χ3v) is 19.4. The molecule has 5 unspecified atom stereocenters. The van der Waals surface area contributed by atoms with Crippen molar-refractivity contribution in [3.05, 3.63) is 97.2 Å². The van der Waals surface area contributed by atoms with Crippen LogP contribution < -0.4 is 0 Å². The van der Waals surface area contributed by atoms with E-state index in [2.05, 4.69) is 125 Å². The Balaban J connectivity index is 5.37. The Morgan fingerprint density at radius 1 is 0.279 bits per heavy atom. The number of hydrogen-bond donors (Lipinski definition) is 3. The number of allylic oxidation sites excluding steroid dienone is 16. The van der Waals surface area contributed by atoms with Gasteiger partial charge in [0.05, 0.1) is 26.4 Å². The van der Waals surface area contributed by atoms with E-state index in [1.807, 2.05) is 0 Å². The van der Waals surface area contributed by atoms with E-state index in [9.17, 15) is 43.2 Å². The summed E-state index contributed by atoms with van der Waals surface area (Å²) in [5.41, 5.74) is 0. The summed E-state index contributed by atoms with van der Waals surface area (Å²) in [5.74, 6) is -2.21. The summed E-state index contributed by atoms with van der Waals surface area (Å²) in [6.45, 7) is 4.73. The van der Waals surface area contributed by atoms with Crippen LogP contribution in [0.4, 0.5) is 0 Å². The van der Waals surface area contributed by atoms with Gasteiger partial charge in [-0.25, -0.2) is 9.13 Å². The highest BCUT2D eigenvalue weighted by molar-refractivity contribution is 7.47. The van der Waals surface area contributed by atoms with E-state index in [1.165, 1.54) is 96.3 Å². The molecule has 0 aliphatic carbocycles. The molecule has 3 N–H and O–H groups in total. The van der Waals surface area contributed by atoms with Crippen molar-refractivity contribution in [3.8, 4) is 0 Å². The van der Waals surface area contributed by atoms with Gasteiger partial charge in [0.2, 0.25) is 0 Å². The second-order valence-electron chi connectivity index (χ2n) is 27.7. The lowest BCUT2D eigenvalue weighted by molar-refractivity contribution is -0.161. The fourth-order valence-electron chi connectivity index (χ4n) is 11.2. The van der Waals surface area contributed by atoms with E-state index in [4.69, 9.17) is 37.0 Å². The standard InChI is InChI=1S/C85H150O17P2/c1-5-9-13-17-21-25-29-33-37-38-39-40-44-46-50-54-58-62-66-70-83(88)96-76-81(102-85(90)72-68-64-60-56-52-48-43-36-32-28-24-20-16-12-8-4)78-100-104(93,94)98-74-79(86)73-97-103(91,92)99-77-80(101-84(89)71-67-63-59-55-51-47-42-35-31-27-23-19-15-11-7-3)75-95-82(87)69-65-61-57-53-49-45-41-34-30-26-22-18-14-10-6-2/h12,16,21,24-25,28,33-37,39-43,79-81,86H,5-11,13-15,17-20,22-23,26-27,29-32,38,44-78H2,1-4H3,(H,91,92)(H,93,94)/b16-12-,25-21-,28-24-,37-33-,40-39-,41-34-,42-35-,43-36-. The van der Waals surface area contributed by atoms with Crippen LogP contribution in [0.25, 0.3) is 0 Å². The van der Waals surface area contributed by atoms with E-state index in [-0.39, 0.29) is 25.7 Å². The summed E-state index contributed by atoms with van der Waals surface area (Å²) in [6.07, 6.45) is 82.3. The number of esters is 4. The molecule has 0 spiro atoms. The maximum atomic E-state index is 13.1. The number of carbonyl (C=O) groups excluding carboxylic acids is 4. The van der Waals surface area contributed by atoms with Crippen molar-refractivity contribution in [2.75, 3.05) is 39.6 Å². The van der Waals surface area contributed by atoms with Crippen molar-refractivity contribution in [1.82, 2.24) is 0 Å². The van der Waals surface area contributed by atoms with Crippen molar-refractivity contribution in [3.63, 3.8) is 0 Å². The first kappa shape index (κ1) is 100.0. The third kappa shape index (κ3) is 76.2. The molecule has 0 saturated heterocycles. The van der Waals surface area contributed by atoms with Gasteiger partial charge in [-0.2, -0.15) is 0 Å². The van der Waals surface area contributed by atoms with Gasteiger partial charge >= 0.3 is 39.5 Å². The molecule has 17 nitrogen and oxygen atoms in total. The second kappa shape index (κ2) is 77.1. The number of ether oxygens (including phenoxy) is 4. The van der Waals surface area contributed by atoms with Crippen LogP contribution in [0.3, 0.4) is 0 Å². The Morgan fingerprint density at radius 3 is 0.798 bits per heavy atom. The molecule has 0 bridgehead atoms. The zero-order valence-corrected chi connectivity index (χ0v) is 67.7. The highest BCUT2D eigenvalue weighted by atomic mass is 31.2. The van der Waals surface area contributed by atoms with Crippen molar-refractivity contribution in [1.29, 1.82) is 0 Å². The zero-order valence-electron chi connectivity index (χ0n) is 65.9. The van der Waals surface area contributed by atoms with Crippen LogP contribution in [0.1, 0.15) is 362 Å². The number of aliphatic hydroxyl groups excluding tert-OH is 1. The van der Waals surface area contributed by atoms with Gasteiger partial charge in [0.15, 0.2) is 12.2 Å². The molecule has 0 aliphatic rings. The molecular formula is C85H150O17P2. The number of aliphatic hydroxyl groups is 1. The molecule has 0 saturated carbocycles. The van der Waals surface area contributed by atoms with Crippen molar-refractivity contribution < 1.29 is 80.2 Å². The summed E-state index contributed by atoms with van der Waals surface area (Å²) < 4.78 is 68.7. The largest absolute Gasteiger partial charge is 0.472 e. The molecule has 0 aromatic carbocycles. The van der Waals surface area contributed by atoms with Crippen molar-refractivity contribution >= 4 is 39.5 Å². The Hall–Kier alpha value is -4.02. The smallest absolute Gasteiger partial charge is 0.462 e. The molecule has 0 heterocycles. The van der Waals surface area contributed by atoms with Crippen LogP contribution in [0.2, 0.25) is 0 Å². The van der Waals surface area contributed by atoms with Gasteiger partial charge in [0.25, 0.3) is 0 Å². The first-order valence-electron chi connectivity index (χ1n) is 41.5. The minimum absolute atomic E-state index is 0.0721. The Kier molecular flexibility index (Phi) is 74.2. The van der Waals surface area contributed by atoms with Gasteiger partial charge in [-0.3, -0.25) is 37.3 Å². The molecule has 0 fully saturated rings. The number of phosphoric acid groups is 2. The van der Waals surface area contributed by atoms with Crippen LogP contribution >= 0.6 is 15.6 Å². The first-order chi connectivity index (χ1) is 50.7. The molecule has 0 aromatic heterocycles. The topological polar surface area (TPSA) is 237 Å². The fourth-order valence-corrected chi connectivity index (χ4v) is 12.8. The SMILES string of the molecule is CC/C=C\C/C=C\C/C=C\CCCCCCCC(=O)OC(COC(=O)CCCCCCCC/C=C\C/C=C\C/C=C\CCCCC)COP(=O)(O)OCC(O)COP(=O)(O)OCC(COC(=O)CCCCCCC/C=C\CCCCCCCC)OC(=O)CCCCCCC/C=C\CCCCCCCC. The molecule has 602 valence electrons. The molecular weight excluding hydrogens is 1350 g/mol. The second-order valence-corrected chi connectivity index (χ2v) is 30.6. The normalized spacial score (nSPS) is 14.3. The minimum Gasteiger partial charge on any atom is -0.462 e. The van der Waals surface area contributed by atoms with Gasteiger partial charge < -0.3 is 33.8 Å². The lowest BCUT2D eigenvalue weighted by Crippen LogP contribution is -2.30. The molecule has 0 aromatic rings. The summed E-state index contributed by atoms with van der Waals surface area (Å²) in [6, 6.07) is 0. The number of hydrogen-bond acceptors (Lipinski definition) is 15. The number of carbonyl (C=O) groups is 4. The predicted octanol–water partition coefficient (Wildman–Crippen LogP) is 24.3. The molecule has 0 amide bonds. The summed E-state index contributed by atoms with van der Waals surface area (Å²) in [5, 5.41) is 10.7. The average Bonchev–Trinajstić information content (AvgIpc) is 0.999. The van der Waals surface area contributed by atoms with E-state index in [1.54, 1.807) is 0 Å². The predicted molar refractivity (Wildman–Crippen MR) is 427 cm³/mol. The van der Waals surface area contributed by atoms with E-state index < -0.39 is 97.5 Å². The average molecular weight is 1510 g/mol. The lowest BCUT2D eigenvalue weighted by atomic mass is 10.1. The Morgan fingerprint density at radius 2 is 0.500 bits per heavy atom. The number of unbranched alkanes of at least 4 members (excludes halogenated alkanes) is 36.